The van der Waals surface area contributed by atoms with E-state index in [9.17, 15) is 19.5 Å². The summed E-state index contributed by atoms with van der Waals surface area (Å²) < 4.78 is 5.90. The Bertz CT molecular complexity index is 1130. The number of benzene rings is 3. The van der Waals surface area contributed by atoms with Crippen molar-refractivity contribution in [2.45, 2.75) is 18.9 Å². The molecule has 6 heteroatoms. The van der Waals surface area contributed by atoms with E-state index < -0.39 is 23.8 Å². The van der Waals surface area contributed by atoms with Gasteiger partial charge in [-0.15, -0.1) is 0 Å². The molecule has 4 rings (SSSR count). The van der Waals surface area contributed by atoms with Gasteiger partial charge in [-0.05, 0) is 42.2 Å². The minimum Gasteiger partial charge on any atom is -0.478 e. The van der Waals surface area contributed by atoms with Crippen molar-refractivity contribution in [3.8, 4) is 0 Å². The van der Waals surface area contributed by atoms with Crippen molar-refractivity contribution >= 4 is 17.8 Å². The van der Waals surface area contributed by atoms with Gasteiger partial charge in [0.05, 0.1) is 29.3 Å². The van der Waals surface area contributed by atoms with Gasteiger partial charge >= 0.3 is 5.97 Å². The van der Waals surface area contributed by atoms with E-state index in [0.29, 0.717) is 6.61 Å². The van der Waals surface area contributed by atoms with E-state index in [-0.39, 0.29) is 23.3 Å². The first kappa shape index (κ1) is 21.5. The standard InChI is InChI=1S/C26H23NO5/c28-24-21-14-13-20(26(30)31)16-22(21)25(29)27(24)23(19-11-5-2-6-12-19)17-32-15-7-10-18-8-3-1-4-9-18/h1-6,8-9,11-14,16,23H,7,10,15,17H2,(H,30,31)/t23-/m1/s1. The van der Waals surface area contributed by atoms with Gasteiger partial charge in [-0.25, -0.2) is 4.79 Å². The van der Waals surface area contributed by atoms with Gasteiger partial charge in [-0.2, -0.15) is 0 Å². The van der Waals surface area contributed by atoms with Crippen molar-refractivity contribution in [3.05, 3.63) is 107 Å². The maximum Gasteiger partial charge on any atom is 0.335 e. The average Bonchev–Trinajstić information content (AvgIpc) is 3.07. The summed E-state index contributed by atoms with van der Waals surface area (Å²) in [5, 5.41) is 9.24. The number of rotatable bonds is 9. The molecular formula is C26H23NO5. The summed E-state index contributed by atoms with van der Waals surface area (Å²) in [5.74, 6) is -2.09. The molecule has 162 valence electrons. The minimum absolute atomic E-state index is 0.0276. The summed E-state index contributed by atoms with van der Waals surface area (Å²) in [4.78, 5) is 38.7. The molecule has 0 aromatic heterocycles. The first-order valence-electron chi connectivity index (χ1n) is 10.5. The Kier molecular flexibility index (Phi) is 6.42. The highest BCUT2D eigenvalue weighted by atomic mass is 16.5. The predicted octanol–water partition coefficient (Wildman–Crippen LogP) is 4.37. The molecule has 0 unspecified atom stereocenters. The third kappa shape index (κ3) is 4.45. The lowest BCUT2D eigenvalue weighted by molar-refractivity contribution is 0.0389. The molecule has 2 amide bonds. The number of amides is 2. The van der Waals surface area contributed by atoms with E-state index in [2.05, 4.69) is 12.1 Å². The van der Waals surface area contributed by atoms with Crippen LogP contribution < -0.4 is 0 Å². The molecule has 1 aliphatic heterocycles. The van der Waals surface area contributed by atoms with Crippen LogP contribution in [0.1, 0.15) is 54.7 Å². The number of carbonyl (C=O) groups is 3. The van der Waals surface area contributed by atoms with E-state index in [0.717, 1.165) is 18.4 Å². The van der Waals surface area contributed by atoms with E-state index in [4.69, 9.17) is 4.74 Å². The van der Waals surface area contributed by atoms with Crippen LogP contribution in [0.4, 0.5) is 0 Å². The zero-order chi connectivity index (χ0) is 22.5. The number of hydrogen-bond acceptors (Lipinski definition) is 4. The fraction of sp³-hybridized carbons (Fsp3) is 0.192. The van der Waals surface area contributed by atoms with Crippen molar-refractivity contribution in [1.29, 1.82) is 0 Å². The van der Waals surface area contributed by atoms with Gasteiger partial charge in [-0.3, -0.25) is 14.5 Å². The normalized spacial score (nSPS) is 13.8. The lowest BCUT2D eigenvalue weighted by Gasteiger charge is -2.26. The van der Waals surface area contributed by atoms with Gasteiger partial charge < -0.3 is 9.84 Å². The van der Waals surface area contributed by atoms with Gasteiger partial charge in [-0.1, -0.05) is 60.7 Å². The fourth-order valence-corrected chi connectivity index (χ4v) is 3.89. The number of aromatic carboxylic acids is 1. The quantitative estimate of drug-likeness (QED) is 0.403. The van der Waals surface area contributed by atoms with Crippen molar-refractivity contribution in [2.24, 2.45) is 0 Å². The summed E-state index contributed by atoms with van der Waals surface area (Å²) in [6, 6.07) is 22.8. The summed E-state index contributed by atoms with van der Waals surface area (Å²) in [6.45, 7) is 0.653. The van der Waals surface area contributed by atoms with Crippen molar-refractivity contribution in [3.63, 3.8) is 0 Å². The molecule has 3 aromatic carbocycles. The zero-order valence-electron chi connectivity index (χ0n) is 17.4. The Hall–Kier alpha value is -3.77. The first-order chi connectivity index (χ1) is 15.6. The number of ether oxygens (including phenoxy) is 1. The molecule has 6 nitrogen and oxygen atoms in total. The second-order valence-electron chi connectivity index (χ2n) is 7.64. The lowest BCUT2D eigenvalue weighted by atomic mass is 10.1. The zero-order valence-corrected chi connectivity index (χ0v) is 17.4. The number of fused-ring (bicyclic) bond motifs is 1. The molecule has 0 radical (unpaired) electrons. The van der Waals surface area contributed by atoms with Crippen LogP contribution in [-0.4, -0.2) is 41.0 Å². The first-order valence-corrected chi connectivity index (χ1v) is 10.5. The number of carboxylic acid groups (broad SMARTS) is 1. The number of carbonyl (C=O) groups excluding carboxylic acids is 2. The van der Waals surface area contributed by atoms with Crippen molar-refractivity contribution < 1.29 is 24.2 Å². The summed E-state index contributed by atoms with van der Waals surface area (Å²) >= 11 is 0. The molecule has 1 atom stereocenters. The number of nitrogens with zero attached hydrogens (tertiary/aromatic N) is 1. The maximum absolute atomic E-state index is 13.1. The van der Waals surface area contributed by atoms with Gasteiger partial charge in [0.1, 0.15) is 0 Å². The largest absolute Gasteiger partial charge is 0.478 e. The molecule has 0 saturated carbocycles. The molecule has 3 aromatic rings. The Balaban J connectivity index is 1.50. The van der Waals surface area contributed by atoms with E-state index in [1.165, 1.54) is 28.7 Å². The fourth-order valence-electron chi connectivity index (χ4n) is 3.89. The highest BCUT2D eigenvalue weighted by molar-refractivity contribution is 6.22. The molecule has 1 N–H and O–H groups in total. The molecular weight excluding hydrogens is 406 g/mol. The second kappa shape index (κ2) is 9.58. The topological polar surface area (TPSA) is 83.9 Å². The van der Waals surface area contributed by atoms with Crippen LogP contribution in [0.25, 0.3) is 0 Å². The molecule has 0 spiro atoms. The van der Waals surface area contributed by atoms with Crippen LogP contribution in [-0.2, 0) is 11.2 Å². The number of hydrogen-bond donors (Lipinski definition) is 1. The SMILES string of the molecule is O=C(O)c1ccc2c(c1)C(=O)N([C@H](COCCCc1ccccc1)c1ccccc1)C2=O. The van der Waals surface area contributed by atoms with Gasteiger partial charge in [0.2, 0.25) is 0 Å². The summed E-state index contributed by atoms with van der Waals surface area (Å²) in [6.07, 6.45) is 1.69. The molecule has 0 saturated heterocycles. The average molecular weight is 429 g/mol. The van der Waals surface area contributed by atoms with Gasteiger partial charge in [0.25, 0.3) is 11.8 Å². The van der Waals surface area contributed by atoms with Gasteiger partial charge in [0, 0.05) is 6.61 Å². The molecule has 1 aliphatic rings. The minimum atomic E-state index is -1.15. The lowest BCUT2D eigenvalue weighted by Crippen LogP contribution is -2.36. The van der Waals surface area contributed by atoms with Crippen molar-refractivity contribution in [2.75, 3.05) is 13.2 Å². The van der Waals surface area contributed by atoms with Crippen LogP contribution >= 0.6 is 0 Å². The van der Waals surface area contributed by atoms with Crippen LogP contribution in [0, 0.1) is 0 Å². The molecule has 1 heterocycles. The monoisotopic (exact) mass is 429 g/mol. The van der Waals surface area contributed by atoms with E-state index >= 15 is 0 Å². The number of carboxylic acids is 1. The number of imide groups is 1. The third-order valence-electron chi connectivity index (χ3n) is 5.53. The highest BCUT2D eigenvalue weighted by Crippen LogP contribution is 2.32. The summed E-state index contributed by atoms with van der Waals surface area (Å²) in [5.41, 5.74) is 2.30. The molecule has 0 aliphatic carbocycles. The summed E-state index contributed by atoms with van der Waals surface area (Å²) in [7, 11) is 0. The van der Waals surface area contributed by atoms with Crippen molar-refractivity contribution in [1.82, 2.24) is 4.90 Å². The molecule has 32 heavy (non-hydrogen) atoms. The molecule has 0 bridgehead atoms. The number of aryl methyl sites for hydroxylation is 1. The maximum atomic E-state index is 13.1. The van der Waals surface area contributed by atoms with Crippen LogP contribution in [0.15, 0.2) is 78.9 Å². The molecule has 0 fully saturated rings. The second-order valence-corrected chi connectivity index (χ2v) is 7.64. The van der Waals surface area contributed by atoms with Gasteiger partial charge in [0.15, 0.2) is 0 Å². The Morgan fingerprint density at radius 2 is 1.53 bits per heavy atom. The van der Waals surface area contributed by atoms with E-state index in [1.54, 1.807) is 0 Å². The highest BCUT2D eigenvalue weighted by Gasteiger charge is 2.41. The van der Waals surface area contributed by atoms with E-state index in [1.807, 2.05) is 48.5 Å². The predicted molar refractivity (Wildman–Crippen MR) is 119 cm³/mol. The Morgan fingerprint density at radius 3 is 2.22 bits per heavy atom. The smallest absolute Gasteiger partial charge is 0.335 e. The van der Waals surface area contributed by atoms with Crippen LogP contribution in [0.5, 0.6) is 0 Å². The Morgan fingerprint density at radius 1 is 0.875 bits per heavy atom. The third-order valence-corrected chi connectivity index (χ3v) is 5.53. The van der Waals surface area contributed by atoms with Crippen LogP contribution in [0.3, 0.4) is 0 Å². The Labute approximate surface area is 186 Å². The van der Waals surface area contributed by atoms with Crippen LogP contribution in [0.2, 0.25) is 0 Å².